The van der Waals surface area contributed by atoms with Crippen molar-refractivity contribution in [1.82, 2.24) is 5.32 Å². The molecule has 1 heterocycles. The van der Waals surface area contributed by atoms with E-state index in [1.54, 1.807) is 19.9 Å². The molecule has 2 aliphatic rings. The summed E-state index contributed by atoms with van der Waals surface area (Å²) in [7, 11) is 0. The largest absolute Gasteiger partial charge is 0.478 e. The summed E-state index contributed by atoms with van der Waals surface area (Å²) in [5.41, 5.74) is 0.797. The molecule has 1 aliphatic heterocycles. The molecule has 5 heteroatoms. The van der Waals surface area contributed by atoms with Crippen LogP contribution in [0.1, 0.15) is 62.4 Å². The highest BCUT2D eigenvalue weighted by Crippen LogP contribution is 2.27. The summed E-state index contributed by atoms with van der Waals surface area (Å²) in [6.07, 6.45) is 4.45. The Hall–Kier alpha value is -1.88. The summed E-state index contributed by atoms with van der Waals surface area (Å²) in [6, 6.07) is 5.44. The molecule has 1 saturated heterocycles. The molecule has 0 spiro atoms. The molecule has 0 aromatic heterocycles. The minimum Gasteiger partial charge on any atom is -0.478 e. The van der Waals surface area contributed by atoms with Gasteiger partial charge in [0.15, 0.2) is 11.4 Å². The highest BCUT2D eigenvalue weighted by atomic mass is 16.5. The molecule has 136 valence electrons. The third-order valence-electron chi connectivity index (χ3n) is 5.03. The van der Waals surface area contributed by atoms with E-state index in [0.29, 0.717) is 12.2 Å². The van der Waals surface area contributed by atoms with Crippen LogP contribution in [0.15, 0.2) is 18.2 Å². The van der Waals surface area contributed by atoms with Crippen molar-refractivity contribution in [3.8, 4) is 5.75 Å². The van der Waals surface area contributed by atoms with Crippen molar-refractivity contribution in [2.24, 2.45) is 0 Å². The smallest absolute Gasteiger partial charge is 0.263 e. The molecule has 0 bridgehead atoms. The maximum Gasteiger partial charge on any atom is 0.263 e. The third kappa shape index (κ3) is 4.03. The molecule has 3 rings (SSSR count). The topological polar surface area (TPSA) is 64.6 Å². The standard InChI is InChI=1S/C20H27NO4/c1-13(18-8-5-11-24-18)21-19(23)20(2,3)25-15-9-10-16-14(12-15)6-4-7-17(16)22/h9-10,12-13,18H,4-8,11H2,1-3H3,(H,21,23)/t13-,18+/m1/s1. The number of ketones is 1. The van der Waals surface area contributed by atoms with Crippen LogP contribution in [0.2, 0.25) is 0 Å². The summed E-state index contributed by atoms with van der Waals surface area (Å²) >= 11 is 0. The molecule has 1 aromatic carbocycles. The zero-order valence-corrected chi connectivity index (χ0v) is 15.3. The van der Waals surface area contributed by atoms with Gasteiger partial charge in [0, 0.05) is 18.6 Å². The lowest BCUT2D eigenvalue weighted by molar-refractivity contribution is -0.135. The lowest BCUT2D eigenvalue weighted by Crippen LogP contribution is -2.52. The SMILES string of the molecule is C[C@@H](NC(=O)C(C)(C)Oc1ccc2c(c1)CCCC2=O)[C@@H]1CCCO1. The first-order valence-corrected chi connectivity index (χ1v) is 9.14. The first-order chi connectivity index (χ1) is 11.9. The summed E-state index contributed by atoms with van der Waals surface area (Å²) < 4.78 is 11.6. The van der Waals surface area contributed by atoms with E-state index in [-0.39, 0.29) is 23.8 Å². The average Bonchev–Trinajstić information content (AvgIpc) is 3.09. The van der Waals surface area contributed by atoms with E-state index in [1.807, 2.05) is 19.1 Å². The van der Waals surface area contributed by atoms with E-state index in [9.17, 15) is 9.59 Å². The Morgan fingerprint density at radius 2 is 2.12 bits per heavy atom. The van der Waals surface area contributed by atoms with Gasteiger partial charge >= 0.3 is 0 Å². The summed E-state index contributed by atoms with van der Waals surface area (Å²) in [5, 5.41) is 3.01. The number of rotatable bonds is 5. The van der Waals surface area contributed by atoms with Gasteiger partial charge in [-0.05, 0) is 70.2 Å². The van der Waals surface area contributed by atoms with Crippen molar-refractivity contribution in [2.75, 3.05) is 6.61 Å². The molecule has 0 saturated carbocycles. The molecule has 1 aromatic rings. The molecule has 25 heavy (non-hydrogen) atoms. The number of fused-ring (bicyclic) bond motifs is 1. The van der Waals surface area contributed by atoms with E-state index < -0.39 is 5.60 Å². The normalized spacial score (nSPS) is 21.6. The molecule has 0 radical (unpaired) electrons. The van der Waals surface area contributed by atoms with Crippen LogP contribution in [0.5, 0.6) is 5.75 Å². The Labute approximate surface area is 149 Å². The number of carbonyl (C=O) groups excluding carboxylic acids is 2. The van der Waals surface area contributed by atoms with Crippen molar-refractivity contribution in [3.63, 3.8) is 0 Å². The lowest BCUT2D eigenvalue weighted by atomic mass is 9.90. The Balaban J connectivity index is 1.66. The first kappa shape index (κ1) is 17.9. The van der Waals surface area contributed by atoms with Crippen LogP contribution in [-0.4, -0.2) is 36.0 Å². The average molecular weight is 345 g/mol. The number of hydrogen-bond donors (Lipinski definition) is 1. The summed E-state index contributed by atoms with van der Waals surface area (Å²) in [5.74, 6) is 0.651. The second-order valence-electron chi connectivity index (χ2n) is 7.52. The van der Waals surface area contributed by atoms with Gasteiger partial charge in [-0.25, -0.2) is 0 Å². The fourth-order valence-corrected chi connectivity index (χ4v) is 3.50. The summed E-state index contributed by atoms with van der Waals surface area (Å²) in [6.45, 7) is 6.25. The molecule has 1 N–H and O–H groups in total. The highest BCUT2D eigenvalue weighted by molar-refractivity contribution is 5.98. The van der Waals surface area contributed by atoms with Crippen LogP contribution < -0.4 is 10.1 Å². The van der Waals surface area contributed by atoms with Crippen LogP contribution in [-0.2, 0) is 16.0 Å². The van der Waals surface area contributed by atoms with E-state index in [4.69, 9.17) is 9.47 Å². The third-order valence-corrected chi connectivity index (χ3v) is 5.03. The fraction of sp³-hybridized carbons (Fsp3) is 0.600. The van der Waals surface area contributed by atoms with Crippen molar-refractivity contribution in [1.29, 1.82) is 0 Å². The predicted octanol–water partition coefficient (Wildman–Crippen LogP) is 3.05. The van der Waals surface area contributed by atoms with Crippen molar-refractivity contribution >= 4 is 11.7 Å². The Morgan fingerprint density at radius 3 is 2.84 bits per heavy atom. The maximum atomic E-state index is 12.6. The van der Waals surface area contributed by atoms with Gasteiger partial charge in [0.2, 0.25) is 0 Å². The van der Waals surface area contributed by atoms with Crippen LogP contribution in [0.25, 0.3) is 0 Å². The van der Waals surface area contributed by atoms with Gasteiger partial charge in [-0.2, -0.15) is 0 Å². The zero-order chi connectivity index (χ0) is 18.0. The molecule has 1 fully saturated rings. The maximum absolute atomic E-state index is 12.6. The van der Waals surface area contributed by atoms with E-state index in [0.717, 1.165) is 43.4 Å². The second-order valence-corrected chi connectivity index (χ2v) is 7.52. The van der Waals surface area contributed by atoms with Crippen LogP contribution in [0.3, 0.4) is 0 Å². The Morgan fingerprint density at radius 1 is 1.32 bits per heavy atom. The van der Waals surface area contributed by atoms with Crippen LogP contribution in [0.4, 0.5) is 0 Å². The minimum atomic E-state index is -1.00. The lowest BCUT2D eigenvalue weighted by Gasteiger charge is -2.29. The van der Waals surface area contributed by atoms with Gasteiger partial charge in [-0.1, -0.05) is 0 Å². The summed E-state index contributed by atoms with van der Waals surface area (Å²) in [4.78, 5) is 24.6. The van der Waals surface area contributed by atoms with Gasteiger partial charge in [0.1, 0.15) is 5.75 Å². The zero-order valence-electron chi connectivity index (χ0n) is 15.3. The number of Topliss-reactive ketones (excluding diaryl/α,β-unsaturated/α-hetero) is 1. The molecule has 2 atom stereocenters. The Bertz CT molecular complexity index is 662. The number of hydrogen-bond acceptors (Lipinski definition) is 4. The number of ether oxygens (including phenoxy) is 2. The van der Waals surface area contributed by atoms with Crippen LogP contribution >= 0.6 is 0 Å². The van der Waals surface area contributed by atoms with Crippen LogP contribution in [0, 0.1) is 0 Å². The molecule has 5 nitrogen and oxygen atoms in total. The molecular weight excluding hydrogens is 318 g/mol. The van der Waals surface area contributed by atoms with E-state index in [2.05, 4.69) is 5.32 Å². The number of benzene rings is 1. The number of nitrogens with one attached hydrogen (secondary N) is 1. The van der Waals surface area contributed by atoms with Gasteiger partial charge < -0.3 is 14.8 Å². The van der Waals surface area contributed by atoms with Gasteiger partial charge in [-0.15, -0.1) is 0 Å². The number of carbonyl (C=O) groups is 2. The van der Waals surface area contributed by atoms with Crippen molar-refractivity contribution in [2.45, 2.75) is 70.6 Å². The molecular formula is C20H27NO4. The number of amides is 1. The van der Waals surface area contributed by atoms with Crippen molar-refractivity contribution in [3.05, 3.63) is 29.3 Å². The molecule has 1 aliphatic carbocycles. The quantitative estimate of drug-likeness (QED) is 0.891. The predicted molar refractivity (Wildman–Crippen MR) is 95.0 cm³/mol. The van der Waals surface area contributed by atoms with E-state index in [1.165, 1.54) is 0 Å². The molecule has 1 amide bonds. The van der Waals surface area contributed by atoms with Gasteiger partial charge in [0.25, 0.3) is 5.91 Å². The number of aryl methyl sites for hydroxylation is 1. The van der Waals surface area contributed by atoms with Crippen molar-refractivity contribution < 1.29 is 19.1 Å². The van der Waals surface area contributed by atoms with E-state index >= 15 is 0 Å². The first-order valence-electron chi connectivity index (χ1n) is 9.14. The highest BCUT2D eigenvalue weighted by Gasteiger charge is 2.33. The second kappa shape index (κ2) is 7.16. The molecule has 0 unspecified atom stereocenters. The Kier molecular flexibility index (Phi) is 5.13. The monoisotopic (exact) mass is 345 g/mol. The minimum absolute atomic E-state index is 0.0426. The fourth-order valence-electron chi connectivity index (χ4n) is 3.50. The van der Waals surface area contributed by atoms with Gasteiger partial charge in [0.05, 0.1) is 12.1 Å². The van der Waals surface area contributed by atoms with Gasteiger partial charge in [-0.3, -0.25) is 9.59 Å².